The Morgan fingerprint density at radius 2 is 2.36 bits per heavy atom. The van der Waals surface area contributed by atoms with E-state index >= 15 is 0 Å². The van der Waals surface area contributed by atoms with Crippen LogP contribution in [0.15, 0.2) is 9.64 Å². The molecule has 6 heteroatoms. The van der Waals surface area contributed by atoms with Gasteiger partial charge in [-0.25, -0.2) is 0 Å². The van der Waals surface area contributed by atoms with Crippen molar-refractivity contribution in [1.82, 2.24) is 10.2 Å². The fourth-order valence-electron chi connectivity index (χ4n) is 0.973. The van der Waals surface area contributed by atoms with E-state index in [4.69, 9.17) is 10.2 Å². The molecule has 1 amide bonds. The summed E-state index contributed by atoms with van der Waals surface area (Å²) in [5, 5.41) is 7.84. The van der Waals surface area contributed by atoms with Gasteiger partial charge in [-0.1, -0.05) is 11.8 Å². The van der Waals surface area contributed by atoms with Crippen LogP contribution in [0, 0.1) is 0 Å². The molecule has 1 heterocycles. The zero-order valence-electron chi connectivity index (χ0n) is 7.77. The van der Waals surface area contributed by atoms with Crippen LogP contribution in [0.25, 0.3) is 0 Å². The lowest BCUT2D eigenvalue weighted by Gasteiger charge is -2.00. The molecule has 1 aromatic heterocycles. The normalized spacial score (nSPS) is 18.1. The SMILES string of the molecule is C[C@H](Sc1nnc(C2CC2)o1)C(N)=O. The molecular weight excluding hydrogens is 202 g/mol. The predicted molar refractivity (Wildman–Crippen MR) is 50.8 cm³/mol. The number of aromatic nitrogens is 2. The number of nitrogens with two attached hydrogens (primary N) is 1. The highest BCUT2D eigenvalue weighted by molar-refractivity contribution is 8.00. The average Bonchev–Trinajstić information content (AvgIpc) is 2.88. The van der Waals surface area contributed by atoms with E-state index in [1.165, 1.54) is 11.8 Å². The Morgan fingerprint density at radius 3 is 2.93 bits per heavy atom. The minimum absolute atomic E-state index is 0.331. The lowest BCUT2D eigenvalue weighted by Crippen LogP contribution is -2.22. The lowest BCUT2D eigenvalue weighted by molar-refractivity contribution is -0.117. The highest BCUT2D eigenvalue weighted by atomic mass is 32.2. The summed E-state index contributed by atoms with van der Waals surface area (Å²) in [7, 11) is 0. The summed E-state index contributed by atoms with van der Waals surface area (Å²) in [6.07, 6.45) is 2.25. The van der Waals surface area contributed by atoms with Crippen molar-refractivity contribution < 1.29 is 9.21 Å². The summed E-state index contributed by atoms with van der Waals surface area (Å²) in [6, 6.07) is 0. The maximum Gasteiger partial charge on any atom is 0.277 e. The van der Waals surface area contributed by atoms with Crippen LogP contribution in [0.3, 0.4) is 0 Å². The minimum atomic E-state index is -0.374. The molecule has 0 aliphatic heterocycles. The highest BCUT2D eigenvalue weighted by Gasteiger charge is 2.29. The molecule has 0 saturated heterocycles. The van der Waals surface area contributed by atoms with E-state index in [9.17, 15) is 4.79 Å². The molecule has 0 aromatic carbocycles. The topological polar surface area (TPSA) is 82.0 Å². The third-order valence-corrected chi connectivity index (χ3v) is 2.98. The molecule has 1 aromatic rings. The summed E-state index contributed by atoms with van der Waals surface area (Å²) in [5.74, 6) is 0.756. The van der Waals surface area contributed by atoms with Crippen molar-refractivity contribution in [3.8, 4) is 0 Å². The largest absolute Gasteiger partial charge is 0.416 e. The third-order valence-electron chi connectivity index (χ3n) is 2.03. The minimum Gasteiger partial charge on any atom is -0.416 e. The third kappa shape index (κ3) is 2.06. The Labute approximate surface area is 85.4 Å². The van der Waals surface area contributed by atoms with Crippen molar-refractivity contribution in [2.45, 2.75) is 36.2 Å². The van der Waals surface area contributed by atoms with Gasteiger partial charge in [0, 0.05) is 5.92 Å². The van der Waals surface area contributed by atoms with Gasteiger partial charge in [-0.05, 0) is 19.8 Å². The number of hydrogen-bond donors (Lipinski definition) is 1. The van der Waals surface area contributed by atoms with Gasteiger partial charge in [0.1, 0.15) is 0 Å². The second kappa shape index (κ2) is 3.61. The molecule has 0 bridgehead atoms. The smallest absolute Gasteiger partial charge is 0.277 e. The van der Waals surface area contributed by atoms with Gasteiger partial charge in [0.25, 0.3) is 5.22 Å². The van der Waals surface area contributed by atoms with Gasteiger partial charge in [0.05, 0.1) is 5.25 Å². The second-order valence-electron chi connectivity index (χ2n) is 3.34. The summed E-state index contributed by atoms with van der Waals surface area (Å²) in [6.45, 7) is 1.72. The number of nitrogens with zero attached hydrogens (tertiary/aromatic N) is 2. The Balaban J connectivity index is 1.98. The summed E-state index contributed by atoms with van der Waals surface area (Å²) in [5.41, 5.74) is 5.11. The van der Waals surface area contributed by atoms with Gasteiger partial charge in [-0.2, -0.15) is 0 Å². The molecule has 1 saturated carbocycles. The van der Waals surface area contributed by atoms with Gasteiger partial charge >= 0.3 is 0 Å². The highest BCUT2D eigenvalue weighted by Crippen LogP contribution is 2.40. The first kappa shape index (κ1) is 9.51. The number of thioether (sulfide) groups is 1. The number of primary amides is 1. The van der Waals surface area contributed by atoms with Crippen LogP contribution in [0.5, 0.6) is 0 Å². The maximum atomic E-state index is 10.8. The molecule has 1 fully saturated rings. The molecule has 0 radical (unpaired) electrons. The summed E-state index contributed by atoms with van der Waals surface area (Å²) < 4.78 is 5.36. The van der Waals surface area contributed by atoms with Crippen LogP contribution in [0.2, 0.25) is 0 Å². The molecule has 0 spiro atoms. The van der Waals surface area contributed by atoms with Crippen LogP contribution in [0.1, 0.15) is 31.6 Å². The number of rotatable bonds is 4. The number of carbonyl (C=O) groups is 1. The molecular formula is C8H11N3O2S. The number of hydrogen-bond acceptors (Lipinski definition) is 5. The van der Waals surface area contributed by atoms with Crippen molar-refractivity contribution in [3.05, 3.63) is 5.89 Å². The van der Waals surface area contributed by atoms with Gasteiger partial charge < -0.3 is 10.2 Å². The number of amides is 1. The molecule has 2 N–H and O–H groups in total. The summed E-state index contributed by atoms with van der Waals surface area (Å²) in [4.78, 5) is 10.8. The Morgan fingerprint density at radius 1 is 1.64 bits per heavy atom. The molecule has 0 unspecified atom stereocenters. The first-order valence-corrected chi connectivity index (χ1v) is 5.34. The van der Waals surface area contributed by atoms with Crippen molar-refractivity contribution in [2.75, 3.05) is 0 Å². The van der Waals surface area contributed by atoms with E-state index < -0.39 is 0 Å². The number of carbonyl (C=O) groups excluding carboxylic acids is 1. The van der Waals surface area contributed by atoms with Crippen molar-refractivity contribution >= 4 is 17.7 Å². The fourth-order valence-corrected chi connectivity index (χ4v) is 1.61. The van der Waals surface area contributed by atoms with Crippen LogP contribution < -0.4 is 5.73 Å². The standard InChI is InChI=1S/C8H11N3O2S/c1-4(6(9)12)14-8-11-10-7(13-8)5-2-3-5/h4-5H,2-3H2,1H3,(H2,9,12)/t4-/m0/s1. The first-order chi connectivity index (χ1) is 6.66. The maximum absolute atomic E-state index is 10.8. The summed E-state index contributed by atoms with van der Waals surface area (Å²) >= 11 is 1.20. The molecule has 14 heavy (non-hydrogen) atoms. The van der Waals surface area contributed by atoms with Crippen LogP contribution in [-0.2, 0) is 4.79 Å². The van der Waals surface area contributed by atoms with E-state index in [1.807, 2.05) is 0 Å². The van der Waals surface area contributed by atoms with Crippen LogP contribution >= 0.6 is 11.8 Å². The molecule has 5 nitrogen and oxygen atoms in total. The van der Waals surface area contributed by atoms with E-state index in [2.05, 4.69) is 10.2 Å². The predicted octanol–water partition coefficient (Wildman–Crippen LogP) is 0.913. The molecule has 2 rings (SSSR count). The van der Waals surface area contributed by atoms with Crippen LogP contribution in [0.4, 0.5) is 0 Å². The Hall–Kier alpha value is -1.04. The van der Waals surface area contributed by atoms with Gasteiger partial charge in [-0.15, -0.1) is 10.2 Å². The molecule has 1 atom stereocenters. The fraction of sp³-hybridized carbons (Fsp3) is 0.625. The van der Waals surface area contributed by atoms with Gasteiger partial charge in [0.2, 0.25) is 11.8 Å². The lowest BCUT2D eigenvalue weighted by atomic mass is 10.4. The van der Waals surface area contributed by atoms with E-state index in [1.54, 1.807) is 6.92 Å². The molecule has 1 aliphatic carbocycles. The van der Waals surface area contributed by atoms with Crippen molar-refractivity contribution in [3.63, 3.8) is 0 Å². The van der Waals surface area contributed by atoms with Gasteiger partial charge in [-0.3, -0.25) is 4.79 Å². The Kier molecular flexibility index (Phi) is 2.45. The first-order valence-electron chi connectivity index (χ1n) is 4.46. The monoisotopic (exact) mass is 213 g/mol. The second-order valence-corrected chi connectivity index (χ2v) is 4.63. The molecule has 1 aliphatic rings. The van der Waals surface area contributed by atoms with E-state index in [0.29, 0.717) is 17.0 Å². The van der Waals surface area contributed by atoms with Crippen molar-refractivity contribution in [1.29, 1.82) is 0 Å². The molecule has 76 valence electrons. The van der Waals surface area contributed by atoms with Gasteiger partial charge in [0.15, 0.2) is 0 Å². The Bertz CT molecular complexity index is 348. The van der Waals surface area contributed by atoms with E-state index in [0.717, 1.165) is 12.8 Å². The van der Waals surface area contributed by atoms with E-state index in [-0.39, 0.29) is 11.2 Å². The zero-order valence-corrected chi connectivity index (χ0v) is 8.58. The van der Waals surface area contributed by atoms with Crippen molar-refractivity contribution in [2.24, 2.45) is 5.73 Å². The quantitative estimate of drug-likeness (QED) is 0.752. The van der Waals surface area contributed by atoms with Crippen LogP contribution in [-0.4, -0.2) is 21.4 Å². The zero-order chi connectivity index (χ0) is 10.1. The average molecular weight is 213 g/mol.